The topological polar surface area (TPSA) is 45.0 Å². The molecule has 0 radical (unpaired) electrons. The van der Waals surface area contributed by atoms with E-state index in [0.717, 1.165) is 31.6 Å². The molecule has 0 aromatic heterocycles. The highest BCUT2D eigenvalue weighted by molar-refractivity contribution is 5.42. The largest absolute Gasteiger partial charge is 0.490 e. The number of hydrogen-bond acceptors (Lipinski definition) is 3. The zero-order valence-corrected chi connectivity index (χ0v) is 13.6. The molecule has 0 heterocycles. The highest BCUT2D eigenvalue weighted by Gasteiger charge is 2.46. The number of benzene rings is 1. The highest BCUT2D eigenvalue weighted by atomic mass is 16.5. The van der Waals surface area contributed by atoms with Crippen molar-refractivity contribution in [3.05, 3.63) is 28.8 Å². The third kappa shape index (κ3) is 3.57. The fourth-order valence-electron chi connectivity index (χ4n) is 2.74. The standard InChI is InChI=1S/C18H26N2O/c1-5-8-20-18(11-19,16-6-7-16)12-21-17-10-13(2)9-14(3)15(17)4/h9-10,16,20H,5-8,12H2,1-4H3. The number of ether oxygens (including phenoxy) is 1. The molecule has 1 aliphatic carbocycles. The summed E-state index contributed by atoms with van der Waals surface area (Å²) in [7, 11) is 0. The molecule has 1 atom stereocenters. The van der Waals surface area contributed by atoms with Gasteiger partial charge >= 0.3 is 0 Å². The van der Waals surface area contributed by atoms with E-state index in [-0.39, 0.29) is 0 Å². The zero-order valence-electron chi connectivity index (χ0n) is 13.6. The number of aryl methyl sites for hydroxylation is 2. The molecule has 114 valence electrons. The first-order valence-electron chi connectivity index (χ1n) is 7.89. The van der Waals surface area contributed by atoms with Crippen LogP contribution >= 0.6 is 0 Å². The zero-order chi connectivity index (χ0) is 15.5. The first-order chi connectivity index (χ1) is 10.0. The van der Waals surface area contributed by atoms with Gasteiger partial charge in [-0.3, -0.25) is 5.32 Å². The second-order valence-electron chi connectivity index (χ2n) is 6.28. The van der Waals surface area contributed by atoms with Crippen molar-refractivity contribution in [3.8, 4) is 11.8 Å². The van der Waals surface area contributed by atoms with Crippen molar-refractivity contribution in [2.24, 2.45) is 5.92 Å². The van der Waals surface area contributed by atoms with Crippen LogP contribution in [0.4, 0.5) is 0 Å². The summed E-state index contributed by atoms with van der Waals surface area (Å²) in [5.41, 5.74) is 3.07. The monoisotopic (exact) mass is 286 g/mol. The summed E-state index contributed by atoms with van der Waals surface area (Å²) in [5.74, 6) is 1.34. The second kappa shape index (κ2) is 6.49. The summed E-state index contributed by atoms with van der Waals surface area (Å²) in [5, 5.41) is 13.1. The van der Waals surface area contributed by atoms with E-state index in [2.05, 4.69) is 51.2 Å². The Morgan fingerprint density at radius 1 is 1.33 bits per heavy atom. The lowest BCUT2D eigenvalue weighted by atomic mass is 9.95. The first kappa shape index (κ1) is 15.9. The number of nitrogens with one attached hydrogen (secondary N) is 1. The van der Waals surface area contributed by atoms with E-state index >= 15 is 0 Å². The normalized spacial score (nSPS) is 17.1. The Labute approximate surface area is 128 Å². The Bertz CT molecular complexity index is 543. The van der Waals surface area contributed by atoms with Crippen molar-refractivity contribution in [2.75, 3.05) is 13.2 Å². The molecule has 1 saturated carbocycles. The van der Waals surface area contributed by atoms with Crippen molar-refractivity contribution >= 4 is 0 Å². The Kier molecular flexibility index (Phi) is 4.90. The van der Waals surface area contributed by atoms with E-state index in [4.69, 9.17) is 4.74 Å². The van der Waals surface area contributed by atoms with Gasteiger partial charge in [-0.25, -0.2) is 0 Å². The van der Waals surface area contributed by atoms with Gasteiger partial charge in [0, 0.05) is 0 Å². The number of nitriles is 1. The van der Waals surface area contributed by atoms with Crippen LogP contribution in [0.2, 0.25) is 0 Å². The van der Waals surface area contributed by atoms with E-state index in [1.807, 2.05) is 0 Å². The Balaban J connectivity index is 2.14. The molecular formula is C18H26N2O. The van der Waals surface area contributed by atoms with Crippen molar-refractivity contribution in [1.29, 1.82) is 5.26 Å². The maximum atomic E-state index is 9.68. The van der Waals surface area contributed by atoms with Gasteiger partial charge in [0.25, 0.3) is 0 Å². The second-order valence-corrected chi connectivity index (χ2v) is 6.28. The van der Waals surface area contributed by atoms with Crippen LogP contribution in [-0.2, 0) is 0 Å². The van der Waals surface area contributed by atoms with Gasteiger partial charge in [0.1, 0.15) is 17.9 Å². The number of hydrogen-bond donors (Lipinski definition) is 1. The predicted molar refractivity (Wildman–Crippen MR) is 85.5 cm³/mol. The van der Waals surface area contributed by atoms with Gasteiger partial charge in [-0.15, -0.1) is 0 Å². The highest BCUT2D eigenvalue weighted by Crippen LogP contribution is 2.40. The van der Waals surface area contributed by atoms with E-state index < -0.39 is 5.54 Å². The lowest BCUT2D eigenvalue weighted by Gasteiger charge is -2.28. The molecule has 1 N–H and O–H groups in total. The third-order valence-electron chi connectivity index (χ3n) is 4.38. The molecule has 1 aliphatic rings. The quantitative estimate of drug-likeness (QED) is 0.832. The Hall–Kier alpha value is -1.53. The van der Waals surface area contributed by atoms with Crippen LogP contribution in [0, 0.1) is 38.0 Å². The molecule has 1 fully saturated rings. The minimum Gasteiger partial charge on any atom is -0.490 e. The molecule has 1 aromatic carbocycles. The van der Waals surface area contributed by atoms with E-state index in [0.29, 0.717) is 12.5 Å². The van der Waals surface area contributed by atoms with Gasteiger partial charge in [-0.05, 0) is 75.3 Å². The van der Waals surface area contributed by atoms with Crippen molar-refractivity contribution in [3.63, 3.8) is 0 Å². The molecule has 0 amide bonds. The van der Waals surface area contributed by atoms with Gasteiger partial charge in [-0.1, -0.05) is 13.0 Å². The average molecular weight is 286 g/mol. The molecule has 21 heavy (non-hydrogen) atoms. The Morgan fingerprint density at radius 2 is 2.05 bits per heavy atom. The molecule has 1 aromatic rings. The summed E-state index contributed by atoms with van der Waals surface area (Å²) in [6, 6.07) is 6.72. The van der Waals surface area contributed by atoms with E-state index in [9.17, 15) is 5.26 Å². The first-order valence-corrected chi connectivity index (χ1v) is 7.89. The number of nitrogens with zero attached hydrogens (tertiary/aromatic N) is 1. The third-order valence-corrected chi connectivity index (χ3v) is 4.38. The van der Waals surface area contributed by atoms with Gasteiger partial charge in [0.05, 0.1) is 6.07 Å². The molecule has 2 rings (SSSR count). The summed E-state index contributed by atoms with van der Waals surface area (Å²) >= 11 is 0. The fraction of sp³-hybridized carbons (Fsp3) is 0.611. The molecule has 0 saturated heterocycles. The van der Waals surface area contributed by atoms with Crippen LogP contribution in [0.1, 0.15) is 42.9 Å². The number of rotatable bonds is 7. The lowest BCUT2D eigenvalue weighted by molar-refractivity contribution is 0.201. The van der Waals surface area contributed by atoms with Crippen molar-refractivity contribution in [1.82, 2.24) is 5.32 Å². The molecular weight excluding hydrogens is 260 g/mol. The maximum absolute atomic E-state index is 9.68. The van der Waals surface area contributed by atoms with E-state index in [1.54, 1.807) is 0 Å². The van der Waals surface area contributed by atoms with Crippen molar-refractivity contribution in [2.45, 2.75) is 52.5 Å². The van der Waals surface area contributed by atoms with Gasteiger partial charge < -0.3 is 4.74 Å². The molecule has 0 spiro atoms. The fourth-order valence-corrected chi connectivity index (χ4v) is 2.74. The predicted octanol–water partition coefficient (Wildman–Crippen LogP) is 3.66. The van der Waals surface area contributed by atoms with Gasteiger partial charge in [0.15, 0.2) is 0 Å². The van der Waals surface area contributed by atoms with Gasteiger partial charge in [0.2, 0.25) is 0 Å². The van der Waals surface area contributed by atoms with Crippen LogP contribution in [0.25, 0.3) is 0 Å². The van der Waals surface area contributed by atoms with Crippen LogP contribution in [-0.4, -0.2) is 18.7 Å². The van der Waals surface area contributed by atoms with Gasteiger partial charge in [-0.2, -0.15) is 5.26 Å². The SMILES string of the molecule is CCCNC(C#N)(COc1cc(C)cc(C)c1C)C1CC1. The minimum absolute atomic E-state index is 0.428. The maximum Gasteiger partial charge on any atom is 0.143 e. The molecule has 0 bridgehead atoms. The van der Waals surface area contributed by atoms with E-state index in [1.165, 1.54) is 16.7 Å². The molecule has 3 nitrogen and oxygen atoms in total. The van der Waals surface area contributed by atoms with Crippen LogP contribution < -0.4 is 10.1 Å². The average Bonchev–Trinajstić information content (AvgIpc) is 3.29. The summed E-state index contributed by atoms with van der Waals surface area (Å²) in [4.78, 5) is 0. The van der Waals surface area contributed by atoms with Crippen molar-refractivity contribution < 1.29 is 4.74 Å². The smallest absolute Gasteiger partial charge is 0.143 e. The molecule has 0 aliphatic heterocycles. The summed E-state index contributed by atoms with van der Waals surface area (Å²) in [6.07, 6.45) is 3.28. The summed E-state index contributed by atoms with van der Waals surface area (Å²) in [6.45, 7) is 9.67. The van der Waals surface area contributed by atoms with Crippen LogP contribution in [0.15, 0.2) is 12.1 Å². The van der Waals surface area contributed by atoms with Crippen LogP contribution in [0.3, 0.4) is 0 Å². The summed E-state index contributed by atoms with van der Waals surface area (Å²) < 4.78 is 6.07. The van der Waals surface area contributed by atoms with Crippen LogP contribution in [0.5, 0.6) is 5.75 Å². The molecule has 1 unspecified atom stereocenters. The Morgan fingerprint density at radius 3 is 2.62 bits per heavy atom. The minimum atomic E-state index is -0.528. The molecule has 3 heteroatoms. The lowest BCUT2D eigenvalue weighted by Crippen LogP contribution is -2.51.